The lowest BCUT2D eigenvalue weighted by molar-refractivity contribution is -0.274. The number of rotatable bonds is 7. The maximum absolute atomic E-state index is 13.3. The quantitative estimate of drug-likeness (QED) is 0.316. The molecular formula is C27H29F3N6O3S. The van der Waals surface area contributed by atoms with Gasteiger partial charge in [-0.1, -0.05) is 26.0 Å². The van der Waals surface area contributed by atoms with Gasteiger partial charge in [0.15, 0.2) is 5.65 Å². The molecule has 1 saturated heterocycles. The topological polar surface area (TPSA) is 102 Å². The van der Waals surface area contributed by atoms with E-state index in [-0.39, 0.29) is 41.5 Å². The van der Waals surface area contributed by atoms with Crippen LogP contribution in [-0.4, -0.2) is 57.8 Å². The number of piperidine rings is 1. The van der Waals surface area contributed by atoms with Gasteiger partial charge >= 0.3 is 6.36 Å². The van der Waals surface area contributed by atoms with Crippen molar-refractivity contribution in [2.45, 2.75) is 56.8 Å². The summed E-state index contributed by atoms with van der Waals surface area (Å²) in [5.74, 6) is 0.918. The zero-order valence-corrected chi connectivity index (χ0v) is 23.0. The van der Waals surface area contributed by atoms with Crippen molar-refractivity contribution in [3.63, 3.8) is 0 Å². The third kappa shape index (κ3) is 5.89. The summed E-state index contributed by atoms with van der Waals surface area (Å²) in [4.78, 5) is 4.25. The highest BCUT2D eigenvalue weighted by Gasteiger charge is 2.32. The fraction of sp³-hybridized carbons (Fsp3) is 0.370. The largest absolute Gasteiger partial charge is 0.573 e. The first-order valence-corrected chi connectivity index (χ1v) is 14.3. The summed E-state index contributed by atoms with van der Waals surface area (Å²) in [6.07, 6.45) is -0.655. The molecule has 0 bridgehead atoms. The number of aromatic nitrogens is 4. The van der Waals surface area contributed by atoms with Crippen LogP contribution in [0.15, 0.2) is 59.8 Å². The summed E-state index contributed by atoms with van der Waals surface area (Å²) in [6.45, 7) is 6.61. The second kappa shape index (κ2) is 10.7. The second-order valence-corrected chi connectivity index (χ2v) is 12.0. The fourth-order valence-corrected chi connectivity index (χ4v) is 6.30. The Bertz CT molecular complexity index is 1610. The van der Waals surface area contributed by atoms with E-state index in [0.717, 1.165) is 34.2 Å². The number of alkyl halides is 3. The highest BCUT2D eigenvalue weighted by atomic mass is 32.2. The van der Waals surface area contributed by atoms with Gasteiger partial charge in [-0.3, -0.25) is 4.40 Å². The number of halogens is 3. The third-order valence-corrected chi connectivity index (χ3v) is 8.74. The molecule has 0 unspecified atom stereocenters. The number of hydrogen-bond acceptors (Lipinski definition) is 7. The van der Waals surface area contributed by atoms with Crippen molar-refractivity contribution in [3.05, 3.63) is 66.2 Å². The van der Waals surface area contributed by atoms with Crippen molar-refractivity contribution >= 4 is 21.5 Å². The highest BCUT2D eigenvalue weighted by molar-refractivity contribution is 7.89. The molecule has 0 saturated carbocycles. The first-order chi connectivity index (χ1) is 18.9. The summed E-state index contributed by atoms with van der Waals surface area (Å²) in [7, 11) is -3.72. The Morgan fingerprint density at radius 3 is 2.38 bits per heavy atom. The monoisotopic (exact) mass is 574 g/mol. The minimum absolute atomic E-state index is 0.144. The van der Waals surface area contributed by atoms with Crippen LogP contribution in [0.5, 0.6) is 5.75 Å². The smallest absolute Gasteiger partial charge is 0.406 e. The lowest BCUT2D eigenvalue weighted by Crippen LogP contribution is -2.42. The zero-order valence-electron chi connectivity index (χ0n) is 22.2. The normalized spacial score (nSPS) is 15.6. The van der Waals surface area contributed by atoms with Crippen LogP contribution < -0.4 is 10.1 Å². The SMILES string of the molecule is Cc1cc(-c2ccc(S(=O)(=O)N3CCC(Nc4cc(OC(F)(F)F)ccn4)CC3)cc2)cn2c(C(C)C)nnc12. The van der Waals surface area contributed by atoms with E-state index < -0.39 is 16.4 Å². The summed E-state index contributed by atoms with van der Waals surface area (Å²) in [6, 6.07) is 11.0. The van der Waals surface area contributed by atoms with Gasteiger partial charge in [-0.25, -0.2) is 13.4 Å². The number of pyridine rings is 2. The van der Waals surface area contributed by atoms with Gasteiger partial charge in [0, 0.05) is 43.5 Å². The summed E-state index contributed by atoms with van der Waals surface area (Å²) in [5.41, 5.74) is 3.57. The molecule has 5 rings (SSSR count). The number of nitrogens with zero attached hydrogens (tertiary/aromatic N) is 5. The Kier molecular flexibility index (Phi) is 7.44. The summed E-state index contributed by atoms with van der Waals surface area (Å²) < 4.78 is 71.5. The Morgan fingerprint density at radius 2 is 1.73 bits per heavy atom. The maximum atomic E-state index is 13.3. The molecule has 212 valence electrons. The van der Waals surface area contributed by atoms with Crippen LogP contribution in [0.1, 0.15) is 44.0 Å². The van der Waals surface area contributed by atoms with Crippen LogP contribution in [0.2, 0.25) is 0 Å². The minimum atomic E-state index is -4.79. The van der Waals surface area contributed by atoms with E-state index in [1.54, 1.807) is 24.3 Å². The maximum Gasteiger partial charge on any atom is 0.573 e. The standard InChI is InChI=1S/C27H29F3N6O3S/c1-17(2)25-33-34-26-18(3)14-20(16-36(25)26)19-4-6-23(7-5-19)40(37,38)35-12-9-21(10-13-35)32-24-15-22(8-11-31-24)39-27(28,29)30/h4-8,11,14-17,21H,9-10,12-13H2,1-3H3,(H,31,32). The molecule has 1 fully saturated rings. The van der Waals surface area contributed by atoms with E-state index in [2.05, 4.69) is 39.1 Å². The van der Waals surface area contributed by atoms with Gasteiger partial charge in [-0.2, -0.15) is 4.31 Å². The molecule has 0 amide bonds. The zero-order chi connectivity index (χ0) is 28.7. The van der Waals surface area contributed by atoms with Gasteiger partial charge in [0.1, 0.15) is 17.4 Å². The molecule has 4 aromatic rings. The third-order valence-electron chi connectivity index (χ3n) is 6.83. The van der Waals surface area contributed by atoms with Crippen LogP contribution in [0, 0.1) is 6.92 Å². The number of sulfonamides is 1. The van der Waals surface area contributed by atoms with Gasteiger partial charge < -0.3 is 10.1 Å². The van der Waals surface area contributed by atoms with Crippen molar-refractivity contribution in [2.24, 2.45) is 0 Å². The van der Waals surface area contributed by atoms with Crippen molar-refractivity contribution < 1.29 is 26.3 Å². The number of ether oxygens (including phenoxy) is 1. The molecule has 1 aromatic carbocycles. The van der Waals surface area contributed by atoms with Crippen molar-refractivity contribution in [2.75, 3.05) is 18.4 Å². The molecule has 13 heteroatoms. The van der Waals surface area contributed by atoms with Crippen LogP contribution >= 0.6 is 0 Å². The van der Waals surface area contributed by atoms with E-state index in [0.29, 0.717) is 12.8 Å². The minimum Gasteiger partial charge on any atom is -0.406 e. The van der Waals surface area contributed by atoms with Crippen LogP contribution in [0.4, 0.5) is 19.0 Å². The molecule has 4 heterocycles. The van der Waals surface area contributed by atoms with Gasteiger partial charge in [-0.15, -0.1) is 23.4 Å². The average Bonchev–Trinajstić information content (AvgIpc) is 3.33. The van der Waals surface area contributed by atoms with E-state index in [1.807, 2.05) is 23.6 Å². The van der Waals surface area contributed by atoms with E-state index >= 15 is 0 Å². The Balaban J connectivity index is 1.25. The molecule has 40 heavy (non-hydrogen) atoms. The molecule has 0 atom stereocenters. The van der Waals surface area contributed by atoms with E-state index in [1.165, 1.54) is 16.6 Å². The first-order valence-electron chi connectivity index (χ1n) is 12.8. The van der Waals surface area contributed by atoms with Crippen molar-refractivity contribution in [1.29, 1.82) is 0 Å². The van der Waals surface area contributed by atoms with Gasteiger partial charge in [0.05, 0.1) is 4.90 Å². The Labute approximate surface area is 230 Å². The van der Waals surface area contributed by atoms with Crippen molar-refractivity contribution in [1.82, 2.24) is 23.9 Å². The van der Waals surface area contributed by atoms with Gasteiger partial charge in [-0.05, 0) is 60.7 Å². The number of aryl methyl sites for hydroxylation is 1. The lowest BCUT2D eigenvalue weighted by Gasteiger charge is -2.32. The van der Waals surface area contributed by atoms with Gasteiger partial charge in [0.25, 0.3) is 0 Å². The fourth-order valence-electron chi connectivity index (χ4n) is 4.83. The van der Waals surface area contributed by atoms with Crippen molar-refractivity contribution in [3.8, 4) is 16.9 Å². The lowest BCUT2D eigenvalue weighted by atomic mass is 10.1. The average molecular weight is 575 g/mol. The predicted octanol–water partition coefficient (Wildman–Crippen LogP) is 5.39. The molecular weight excluding hydrogens is 545 g/mol. The molecule has 1 aliphatic heterocycles. The number of benzene rings is 1. The second-order valence-electron chi connectivity index (χ2n) is 10.1. The van der Waals surface area contributed by atoms with Crippen LogP contribution in [-0.2, 0) is 10.0 Å². The Morgan fingerprint density at radius 1 is 1.02 bits per heavy atom. The highest BCUT2D eigenvalue weighted by Crippen LogP contribution is 2.29. The summed E-state index contributed by atoms with van der Waals surface area (Å²) in [5, 5.41) is 11.7. The molecule has 1 N–H and O–H groups in total. The molecule has 3 aromatic heterocycles. The van der Waals surface area contributed by atoms with Gasteiger partial charge in [0.2, 0.25) is 10.0 Å². The predicted molar refractivity (Wildman–Crippen MR) is 144 cm³/mol. The van der Waals surface area contributed by atoms with Crippen LogP contribution in [0.25, 0.3) is 16.8 Å². The number of hydrogen-bond donors (Lipinski definition) is 1. The van der Waals surface area contributed by atoms with Crippen LogP contribution in [0.3, 0.4) is 0 Å². The molecule has 1 aliphatic rings. The molecule has 9 nitrogen and oxygen atoms in total. The number of anilines is 1. The number of nitrogens with one attached hydrogen (secondary N) is 1. The molecule has 0 radical (unpaired) electrons. The van der Waals surface area contributed by atoms with E-state index in [9.17, 15) is 21.6 Å². The number of fused-ring (bicyclic) bond motifs is 1. The Hall–Kier alpha value is -3.71. The first kappa shape index (κ1) is 27.8. The van der Waals surface area contributed by atoms with E-state index in [4.69, 9.17) is 0 Å². The molecule has 0 aliphatic carbocycles. The molecule has 0 spiro atoms. The summed E-state index contributed by atoms with van der Waals surface area (Å²) >= 11 is 0.